The smallest absolute Gasteiger partial charge is 0.409 e. The molecule has 4 aliphatic carbocycles. The Morgan fingerprint density at radius 1 is 0.874 bits per heavy atom. The number of ether oxygens (including phenoxy) is 4. The summed E-state index contributed by atoms with van der Waals surface area (Å²) in [4.78, 5) is 103. The molecule has 3 aromatic heterocycles. The molecule has 4 fully saturated rings. The Labute approximate surface area is 554 Å². The number of aryl methyl sites for hydroxylation is 1. The molecule has 5 N–H and O–H groups in total. The molecule has 12 rings (SSSR count). The predicted molar refractivity (Wildman–Crippen MR) is 352 cm³/mol. The maximum atomic E-state index is 13.8. The van der Waals surface area contributed by atoms with Crippen molar-refractivity contribution < 1.29 is 70.6 Å². The molecular weight excluding hydrogens is 1260 g/mol. The average molecular weight is 1340 g/mol. The summed E-state index contributed by atoms with van der Waals surface area (Å²) < 4.78 is 59.6. The molecular formula is C68H79N10O15S2. The molecule has 7 amide bonds. The van der Waals surface area contributed by atoms with Crippen LogP contribution in [-0.4, -0.2) is 166 Å². The molecule has 4 bridgehead atoms. The molecule has 503 valence electrons. The van der Waals surface area contributed by atoms with Crippen molar-refractivity contribution in [1.82, 2.24) is 40.2 Å². The van der Waals surface area contributed by atoms with Gasteiger partial charge in [-0.15, -0.1) is 0 Å². The fourth-order valence-electron chi connectivity index (χ4n) is 15.5. The van der Waals surface area contributed by atoms with E-state index in [0.29, 0.717) is 84.3 Å². The van der Waals surface area contributed by atoms with Gasteiger partial charge in [0.1, 0.15) is 30.8 Å². The lowest BCUT2D eigenvalue weighted by Gasteiger charge is -2.69. The Bertz CT molecular complexity index is 3990. The zero-order valence-electron chi connectivity index (χ0n) is 53.6. The van der Waals surface area contributed by atoms with Crippen molar-refractivity contribution in [1.29, 1.82) is 0 Å². The SMILES string of the molecule is Cc1c(-c2ccc(-c3ccc4c(c3)N(C(=O)Nc3nc5ccccc5s3)CCC4)nc2C(=O)O)cnn1CC12CC3(C)CC(C)(C1)CC(OCCN(C)C(=O)OCc1[c]cc(OCCOCCNC(=O)[C@H](CS(=O)(=O)O)NC(=O)CCCCCN4C(=O)C=CC4=O)cc1)(C3)C2. The van der Waals surface area contributed by atoms with Gasteiger partial charge < -0.3 is 39.6 Å². The number of nitrogens with zero attached hydrogens (tertiary/aromatic N) is 7. The molecule has 1 radical (unpaired) electrons. The summed E-state index contributed by atoms with van der Waals surface area (Å²) in [5.41, 5.74) is 5.74. The van der Waals surface area contributed by atoms with Gasteiger partial charge in [0, 0.05) is 86.4 Å². The molecule has 27 heteroatoms. The number of carboxylic acids is 1. The number of amides is 7. The second-order valence-corrected chi connectivity index (χ2v) is 29.1. The van der Waals surface area contributed by atoms with E-state index in [1.165, 1.54) is 28.4 Å². The van der Waals surface area contributed by atoms with Gasteiger partial charge in [-0.05, 0) is 147 Å². The Hall–Kier alpha value is -8.63. The number of fused-ring (bicyclic) bond motifs is 2. The van der Waals surface area contributed by atoms with Crippen LogP contribution in [0.25, 0.3) is 32.6 Å². The maximum absolute atomic E-state index is 13.8. The van der Waals surface area contributed by atoms with E-state index in [4.69, 9.17) is 29.0 Å². The number of pyridine rings is 1. The van der Waals surface area contributed by atoms with Crippen molar-refractivity contribution >= 4 is 84.2 Å². The third-order valence-corrected chi connectivity index (χ3v) is 20.2. The van der Waals surface area contributed by atoms with Crippen LogP contribution in [0.3, 0.4) is 0 Å². The van der Waals surface area contributed by atoms with Crippen LogP contribution >= 0.6 is 11.3 Å². The Kier molecular flexibility index (Phi) is 20.2. The van der Waals surface area contributed by atoms with Gasteiger partial charge in [0.15, 0.2) is 10.8 Å². The standard InChI is InChI=1S/C68H79N10O15S2/c1-44-50(49-21-22-51(72-59(49)61(83)84)47-18-17-46-11-10-27-76(54(46)33-47)63(85)74-62-73-52-12-7-8-13-55(52)94-62)34-70-78(44)43-67-38-65(2)37-66(3,39-67)41-68(40-65,42-67)93-30-28-75(4)64(86)92-35-45-15-19-48(20-16-45)91-32-31-90-29-25-69-60(82)53(36-95(87,88)89)71-56(79)14-6-5-9-26-77-57(80)23-24-58(77)81/h7-8,12-13,15,17-24,33-34,53H,5-6,9-11,14,25-32,35-43H2,1-4H3,(H,69,82)(H,71,79)(H,83,84)(H,73,74,85)(H,87,88,89)/t53-,65?,66?,67?,68?/m0/s1. The van der Waals surface area contributed by atoms with Crippen LogP contribution in [-0.2, 0) is 63.1 Å². The van der Waals surface area contributed by atoms with Crippen molar-refractivity contribution in [2.75, 3.05) is 75.6 Å². The summed E-state index contributed by atoms with van der Waals surface area (Å²) in [6.45, 7) is 8.93. The highest BCUT2D eigenvalue weighted by Crippen LogP contribution is 2.72. The first-order valence-corrected chi connectivity index (χ1v) is 34.4. The fraction of sp³-hybridized carbons (Fsp3) is 0.471. The number of hydrogen-bond acceptors (Lipinski definition) is 17. The highest BCUT2D eigenvalue weighted by molar-refractivity contribution is 7.85. The van der Waals surface area contributed by atoms with Gasteiger partial charge in [-0.1, -0.05) is 61.9 Å². The molecule has 6 aromatic rings. The lowest BCUT2D eigenvalue weighted by Crippen LogP contribution is -2.64. The van der Waals surface area contributed by atoms with E-state index in [9.17, 15) is 51.6 Å². The van der Waals surface area contributed by atoms with Gasteiger partial charge in [0.05, 0.1) is 47.5 Å². The number of aromatic carboxylic acids is 1. The van der Waals surface area contributed by atoms with Crippen molar-refractivity contribution in [3.8, 4) is 28.1 Å². The number of carbonyl (C=O) groups excluding carboxylic acids is 6. The fourth-order valence-corrected chi connectivity index (χ4v) is 17.0. The Morgan fingerprint density at radius 3 is 2.39 bits per heavy atom. The first kappa shape index (κ1) is 67.8. The number of benzene rings is 3. The average Bonchev–Trinajstić information content (AvgIpc) is 1.18. The molecule has 95 heavy (non-hydrogen) atoms. The normalized spacial score (nSPS) is 21.4. The zero-order valence-corrected chi connectivity index (χ0v) is 55.3. The van der Waals surface area contributed by atoms with Crippen molar-refractivity contribution in [3.63, 3.8) is 0 Å². The van der Waals surface area contributed by atoms with Crippen LogP contribution in [0.2, 0.25) is 0 Å². The van der Waals surface area contributed by atoms with Gasteiger partial charge in [-0.25, -0.2) is 24.4 Å². The highest BCUT2D eigenvalue weighted by Gasteiger charge is 2.66. The minimum atomic E-state index is -4.63. The summed E-state index contributed by atoms with van der Waals surface area (Å²) in [6, 6.07) is 23.5. The van der Waals surface area contributed by atoms with Crippen LogP contribution in [0.4, 0.5) is 20.4 Å². The number of likely N-dealkylation sites (N-methyl/N-ethyl adjacent to an activating group) is 1. The minimum absolute atomic E-state index is 0.0222. The van der Waals surface area contributed by atoms with E-state index < -0.39 is 63.2 Å². The number of hydrogen-bond donors (Lipinski definition) is 5. The van der Waals surface area contributed by atoms with Crippen molar-refractivity contribution in [2.24, 2.45) is 16.2 Å². The van der Waals surface area contributed by atoms with Gasteiger partial charge in [-0.2, -0.15) is 13.5 Å². The number of rotatable bonds is 29. The van der Waals surface area contributed by atoms with Crippen LogP contribution in [0.1, 0.15) is 112 Å². The summed E-state index contributed by atoms with van der Waals surface area (Å²) in [6.07, 6.45) is 12.2. The number of anilines is 2. The first-order valence-electron chi connectivity index (χ1n) is 32.0. The number of unbranched alkanes of at least 4 members (excludes halogenated alkanes) is 2. The van der Waals surface area contributed by atoms with Crippen LogP contribution in [0, 0.1) is 29.2 Å². The third kappa shape index (κ3) is 16.4. The van der Waals surface area contributed by atoms with Gasteiger partial charge in [-0.3, -0.25) is 43.5 Å². The van der Waals surface area contributed by atoms with Crippen LogP contribution in [0.15, 0.2) is 91.1 Å². The highest BCUT2D eigenvalue weighted by atomic mass is 32.2. The third-order valence-electron chi connectivity index (χ3n) is 18.5. The molecule has 6 aliphatic rings. The lowest BCUT2D eigenvalue weighted by molar-refractivity contribution is -0.248. The van der Waals surface area contributed by atoms with Crippen molar-refractivity contribution in [3.05, 3.63) is 120 Å². The van der Waals surface area contributed by atoms with Crippen LogP contribution < -0.4 is 25.6 Å². The van der Waals surface area contributed by atoms with Crippen molar-refractivity contribution in [2.45, 2.75) is 123 Å². The molecule has 2 unspecified atom stereocenters. The van der Waals surface area contributed by atoms with Gasteiger partial charge in [0.25, 0.3) is 21.9 Å². The van der Waals surface area contributed by atoms with E-state index in [-0.39, 0.29) is 73.9 Å². The van der Waals surface area contributed by atoms with Gasteiger partial charge in [0.2, 0.25) is 11.8 Å². The summed E-state index contributed by atoms with van der Waals surface area (Å²) in [5, 5.41) is 24.0. The number of urea groups is 1. The number of para-hydroxylation sites is 1. The van der Waals surface area contributed by atoms with E-state index in [1.54, 1.807) is 42.4 Å². The number of imide groups is 1. The monoisotopic (exact) mass is 1340 g/mol. The number of carbonyl (C=O) groups is 7. The number of carboxylic acid groups (broad SMARTS) is 1. The van der Waals surface area contributed by atoms with E-state index in [2.05, 4.69) is 40.8 Å². The molecule has 2 aliphatic heterocycles. The first-order chi connectivity index (χ1) is 45.3. The molecule has 5 heterocycles. The second-order valence-electron chi connectivity index (χ2n) is 26.5. The van der Waals surface area contributed by atoms with E-state index >= 15 is 0 Å². The lowest BCUT2D eigenvalue weighted by atomic mass is 9.39. The molecule has 0 spiro atoms. The maximum Gasteiger partial charge on any atom is 0.409 e. The van der Waals surface area contributed by atoms with E-state index in [0.717, 1.165) is 83.4 Å². The quantitative estimate of drug-likeness (QED) is 0.0166. The Morgan fingerprint density at radius 2 is 1.65 bits per heavy atom. The number of nitrogens with one attached hydrogen (secondary N) is 3. The number of thiazole rings is 1. The largest absolute Gasteiger partial charge is 0.491 e. The Balaban J connectivity index is 0.618. The molecule has 0 saturated heterocycles. The summed E-state index contributed by atoms with van der Waals surface area (Å²) >= 11 is 1.42. The van der Waals surface area contributed by atoms with Crippen LogP contribution in [0.5, 0.6) is 5.75 Å². The molecule has 3 aromatic carbocycles. The second kappa shape index (κ2) is 28.4. The number of aromatic nitrogens is 4. The molecule has 25 nitrogen and oxygen atoms in total. The summed E-state index contributed by atoms with van der Waals surface area (Å²) in [7, 11) is -2.95. The topological polar surface area (TPSA) is 320 Å². The minimum Gasteiger partial charge on any atom is -0.491 e. The molecule has 3 atom stereocenters. The predicted octanol–water partition coefficient (Wildman–Crippen LogP) is 8.79. The van der Waals surface area contributed by atoms with Gasteiger partial charge >= 0.3 is 18.1 Å². The molecule has 4 saturated carbocycles. The zero-order chi connectivity index (χ0) is 67.3. The summed E-state index contributed by atoms with van der Waals surface area (Å²) in [5.74, 6) is -3.94. The van der Waals surface area contributed by atoms with E-state index in [1.807, 2.05) is 60.1 Å².